The largest absolute Gasteiger partial charge is 0.456 e. The van der Waals surface area contributed by atoms with Crippen molar-refractivity contribution in [2.75, 3.05) is 0 Å². The molecule has 0 radical (unpaired) electrons. The molecule has 0 spiro atoms. The molecule has 0 N–H and O–H groups in total. The smallest absolute Gasteiger partial charge is 0.164 e. The molecule has 0 fully saturated rings. The quantitative estimate of drug-likeness (QED) is 0.197. The number of rotatable bonds is 4. The van der Waals surface area contributed by atoms with E-state index in [1.807, 2.05) is 72.8 Å². The van der Waals surface area contributed by atoms with Gasteiger partial charge in [0.25, 0.3) is 0 Å². The van der Waals surface area contributed by atoms with Crippen LogP contribution >= 0.6 is 0 Å². The summed E-state index contributed by atoms with van der Waals surface area (Å²) in [5.41, 5.74) is 8.24. The Balaban J connectivity index is 1.19. The minimum absolute atomic E-state index is 0.584. The summed E-state index contributed by atoms with van der Waals surface area (Å²) in [6.07, 6.45) is 0. The zero-order valence-corrected chi connectivity index (χ0v) is 25.6. The summed E-state index contributed by atoms with van der Waals surface area (Å²) in [5, 5.41) is 6.50. The predicted molar refractivity (Wildman–Crippen MR) is 194 cm³/mol. The first kappa shape index (κ1) is 26.6. The summed E-state index contributed by atoms with van der Waals surface area (Å²) >= 11 is 0. The van der Waals surface area contributed by atoms with Crippen molar-refractivity contribution in [1.29, 1.82) is 0 Å². The van der Waals surface area contributed by atoms with Crippen molar-refractivity contribution in [1.82, 2.24) is 15.0 Å². The van der Waals surface area contributed by atoms with Gasteiger partial charge in [-0.3, -0.25) is 0 Å². The topological polar surface area (TPSA) is 65.0 Å². The maximum absolute atomic E-state index is 6.40. The highest BCUT2D eigenvalue weighted by atomic mass is 16.3. The van der Waals surface area contributed by atoms with Crippen molar-refractivity contribution >= 4 is 54.6 Å². The van der Waals surface area contributed by atoms with Crippen LogP contribution in [0.15, 0.2) is 160 Å². The molecule has 10 rings (SSSR count). The van der Waals surface area contributed by atoms with Crippen LogP contribution in [0.25, 0.3) is 99.9 Å². The van der Waals surface area contributed by atoms with Crippen molar-refractivity contribution in [2.45, 2.75) is 0 Å². The van der Waals surface area contributed by atoms with E-state index in [4.69, 9.17) is 23.8 Å². The lowest BCUT2D eigenvalue weighted by Gasteiger charge is -2.09. The molecule has 7 aromatic carbocycles. The number of benzene rings is 7. The van der Waals surface area contributed by atoms with Gasteiger partial charge in [0.1, 0.15) is 22.3 Å². The summed E-state index contributed by atoms with van der Waals surface area (Å²) < 4.78 is 12.5. The number of fused-ring (bicyclic) bond motifs is 7. The number of nitrogens with zero attached hydrogens (tertiary/aromatic N) is 3. The van der Waals surface area contributed by atoms with Crippen molar-refractivity contribution in [3.8, 4) is 45.3 Å². The van der Waals surface area contributed by atoms with E-state index in [1.165, 1.54) is 10.8 Å². The molecule has 0 unspecified atom stereocenters. The normalized spacial score (nSPS) is 11.8. The second-order valence-electron chi connectivity index (χ2n) is 12.0. The number of para-hydroxylation sites is 1. The summed E-state index contributed by atoms with van der Waals surface area (Å²) in [5.74, 6) is 1.78. The van der Waals surface area contributed by atoms with Gasteiger partial charge in [-0.05, 0) is 70.4 Å². The Kier molecular flexibility index (Phi) is 5.81. The first-order valence-electron chi connectivity index (χ1n) is 15.9. The monoisotopic (exact) mass is 615 g/mol. The van der Waals surface area contributed by atoms with E-state index in [0.29, 0.717) is 17.5 Å². The minimum Gasteiger partial charge on any atom is -0.456 e. The molecule has 48 heavy (non-hydrogen) atoms. The van der Waals surface area contributed by atoms with Crippen LogP contribution in [0.3, 0.4) is 0 Å². The van der Waals surface area contributed by atoms with E-state index < -0.39 is 0 Å². The van der Waals surface area contributed by atoms with Gasteiger partial charge in [0.05, 0.1) is 0 Å². The molecular formula is C43H25N3O2. The molecule has 0 bridgehead atoms. The third kappa shape index (κ3) is 4.29. The number of aromatic nitrogens is 3. The SMILES string of the molecule is c1ccc(-c2nc(-c3ccc4oc5ccccc5c4c3)nc(-c3cccc4oc5ccc(-c6ccc7ccccc7c6)cc5c34)n2)cc1. The lowest BCUT2D eigenvalue weighted by molar-refractivity contribution is 0.668. The summed E-state index contributed by atoms with van der Waals surface area (Å²) in [7, 11) is 0. The first-order chi connectivity index (χ1) is 23.7. The van der Waals surface area contributed by atoms with E-state index in [-0.39, 0.29) is 0 Å². The van der Waals surface area contributed by atoms with Gasteiger partial charge < -0.3 is 8.83 Å². The fourth-order valence-electron chi connectivity index (χ4n) is 6.77. The Hall–Kier alpha value is -6.59. The van der Waals surface area contributed by atoms with Gasteiger partial charge in [-0.1, -0.05) is 103 Å². The molecular weight excluding hydrogens is 590 g/mol. The van der Waals surface area contributed by atoms with Gasteiger partial charge in [-0.25, -0.2) is 15.0 Å². The third-order valence-corrected chi connectivity index (χ3v) is 9.12. The van der Waals surface area contributed by atoms with Crippen molar-refractivity contribution in [3.05, 3.63) is 152 Å². The lowest BCUT2D eigenvalue weighted by Crippen LogP contribution is -2.00. The van der Waals surface area contributed by atoms with Gasteiger partial charge in [0, 0.05) is 38.2 Å². The number of hydrogen-bond donors (Lipinski definition) is 0. The second-order valence-corrected chi connectivity index (χ2v) is 12.0. The first-order valence-corrected chi connectivity index (χ1v) is 15.9. The average Bonchev–Trinajstić information content (AvgIpc) is 3.72. The Morgan fingerprint density at radius 1 is 0.333 bits per heavy atom. The van der Waals surface area contributed by atoms with Crippen LogP contribution in [0, 0.1) is 0 Å². The number of furan rings is 2. The molecule has 0 atom stereocenters. The van der Waals surface area contributed by atoms with E-state index >= 15 is 0 Å². The summed E-state index contributed by atoms with van der Waals surface area (Å²) in [6.45, 7) is 0. The van der Waals surface area contributed by atoms with Gasteiger partial charge in [-0.15, -0.1) is 0 Å². The van der Waals surface area contributed by atoms with E-state index in [0.717, 1.165) is 71.7 Å². The molecule has 0 aliphatic heterocycles. The molecule has 5 nitrogen and oxygen atoms in total. The Morgan fingerprint density at radius 2 is 0.938 bits per heavy atom. The van der Waals surface area contributed by atoms with Crippen LogP contribution in [0.1, 0.15) is 0 Å². The van der Waals surface area contributed by atoms with Crippen molar-refractivity contribution < 1.29 is 8.83 Å². The zero-order chi connectivity index (χ0) is 31.6. The van der Waals surface area contributed by atoms with Crippen LogP contribution in [0.2, 0.25) is 0 Å². The minimum atomic E-state index is 0.584. The highest BCUT2D eigenvalue weighted by Crippen LogP contribution is 2.39. The third-order valence-electron chi connectivity index (χ3n) is 9.12. The average molecular weight is 616 g/mol. The molecule has 224 valence electrons. The highest BCUT2D eigenvalue weighted by Gasteiger charge is 2.19. The molecule has 0 saturated heterocycles. The van der Waals surface area contributed by atoms with Gasteiger partial charge in [-0.2, -0.15) is 0 Å². The Bertz CT molecular complexity index is 2850. The van der Waals surface area contributed by atoms with Crippen molar-refractivity contribution in [3.63, 3.8) is 0 Å². The fourth-order valence-corrected chi connectivity index (χ4v) is 6.77. The van der Waals surface area contributed by atoms with Crippen LogP contribution in [-0.2, 0) is 0 Å². The Morgan fingerprint density at radius 3 is 1.83 bits per heavy atom. The maximum Gasteiger partial charge on any atom is 0.164 e. The molecule has 10 aromatic rings. The van der Waals surface area contributed by atoms with E-state index in [2.05, 4.69) is 78.9 Å². The van der Waals surface area contributed by atoms with Gasteiger partial charge in [0.2, 0.25) is 0 Å². The Labute approximate surface area is 274 Å². The van der Waals surface area contributed by atoms with Crippen LogP contribution in [0.4, 0.5) is 0 Å². The molecule has 0 saturated carbocycles. The second kappa shape index (κ2) is 10.5. The molecule has 3 heterocycles. The molecule has 0 aliphatic rings. The summed E-state index contributed by atoms with van der Waals surface area (Å²) in [6, 6.07) is 51.8. The molecule has 5 heteroatoms. The van der Waals surface area contributed by atoms with E-state index in [1.54, 1.807) is 0 Å². The lowest BCUT2D eigenvalue weighted by atomic mass is 9.98. The fraction of sp³-hybridized carbons (Fsp3) is 0. The van der Waals surface area contributed by atoms with E-state index in [9.17, 15) is 0 Å². The predicted octanol–water partition coefficient (Wildman–Crippen LogP) is 11.5. The molecule has 3 aromatic heterocycles. The number of hydrogen-bond acceptors (Lipinski definition) is 5. The standard InChI is InChI=1S/C43H25N3O2/c1-2-10-27(11-3-1)41-44-42(31-20-22-37-34(25-31)32-13-6-7-15-36(32)47-37)46-43(45-41)33-14-8-16-39-40(33)35-24-30(19-21-38(35)48-39)29-18-17-26-9-4-5-12-28(26)23-29/h1-25H. The van der Waals surface area contributed by atoms with Gasteiger partial charge in [0.15, 0.2) is 17.5 Å². The maximum atomic E-state index is 6.40. The zero-order valence-electron chi connectivity index (χ0n) is 25.6. The van der Waals surface area contributed by atoms with Gasteiger partial charge >= 0.3 is 0 Å². The summed E-state index contributed by atoms with van der Waals surface area (Å²) in [4.78, 5) is 15.2. The highest BCUT2D eigenvalue weighted by molar-refractivity contribution is 6.13. The van der Waals surface area contributed by atoms with Crippen molar-refractivity contribution in [2.24, 2.45) is 0 Å². The van der Waals surface area contributed by atoms with Crippen LogP contribution in [-0.4, -0.2) is 15.0 Å². The molecule has 0 amide bonds. The van der Waals surface area contributed by atoms with Crippen LogP contribution < -0.4 is 0 Å². The van der Waals surface area contributed by atoms with Crippen LogP contribution in [0.5, 0.6) is 0 Å². The molecule has 0 aliphatic carbocycles.